The van der Waals surface area contributed by atoms with E-state index in [4.69, 9.17) is 8.92 Å². The number of rotatable bonds is 0. The van der Waals surface area contributed by atoms with Gasteiger partial charge in [0, 0.05) is 0 Å². The zero-order valence-corrected chi connectivity index (χ0v) is 7.06. The predicted octanol–water partition coefficient (Wildman–Crippen LogP) is -0.980. The van der Waals surface area contributed by atoms with E-state index in [1.807, 2.05) is 0 Å². The van der Waals surface area contributed by atoms with Crippen molar-refractivity contribution in [1.29, 1.82) is 0 Å². The van der Waals surface area contributed by atoms with E-state index < -0.39 is 9.29 Å². The van der Waals surface area contributed by atoms with Crippen molar-refractivity contribution in [2.75, 3.05) is 0 Å². The van der Waals surface area contributed by atoms with Crippen LogP contribution in [0.1, 0.15) is 0 Å². The monoisotopic (exact) mass is 212 g/mol. The van der Waals surface area contributed by atoms with Crippen LogP contribution >= 0.6 is 0 Å². The van der Waals surface area contributed by atoms with Crippen LogP contribution in [0.25, 0.3) is 0 Å². The van der Waals surface area contributed by atoms with Crippen molar-refractivity contribution in [3.05, 3.63) is 0 Å². The summed E-state index contributed by atoms with van der Waals surface area (Å²) in [7, 11) is -1.42. The fraction of sp³-hybridized carbons (Fsp3) is 0. The topological polar surface area (TPSA) is 120 Å². The van der Waals surface area contributed by atoms with Crippen molar-refractivity contribution >= 4 is 9.29 Å². The summed E-state index contributed by atoms with van der Waals surface area (Å²) in [6, 6.07) is 0. The Morgan fingerprint density at radius 2 is 0.875 bits per heavy atom. The van der Waals surface area contributed by atoms with Crippen LogP contribution in [-0.4, -0.2) is 9.29 Å². The first-order valence-electron chi connectivity index (χ1n) is 0.408. The van der Waals surface area contributed by atoms with Gasteiger partial charge in [-0.3, -0.25) is 8.92 Å². The van der Waals surface area contributed by atoms with Crippen LogP contribution in [0.2, 0.25) is 0 Å². The molecule has 0 unspecified atom stereocenters. The van der Waals surface area contributed by atoms with Crippen molar-refractivity contribution in [1.82, 2.24) is 0 Å². The summed E-state index contributed by atoms with van der Waals surface area (Å²) in [5.74, 6) is 0. The van der Waals surface area contributed by atoms with Gasteiger partial charge in [-0.05, 0) is 0 Å². The molecule has 0 aromatic heterocycles. The quantitative estimate of drug-likeness (QED) is 0.479. The molecule has 8 heavy (non-hydrogen) atoms. The van der Waals surface area contributed by atoms with Crippen molar-refractivity contribution in [3.63, 3.8) is 0 Å². The first kappa shape index (κ1) is 65.4. The average molecular weight is 212 g/mol. The van der Waals surface area contributed by atoms with E-state index in [0.717, 1.165) is 0 Å². The maximum atomic E-state index is 8.40. The first-order chi connectivity index (χ1) is 1.41. The number of hydrogen-bond donors (Lipinski definition) is 0. The van der Waals surface area contributed by atoms with Gasteiger partial charge in [-0.1, -0.05) is 0 Å². The minimum absolute atomic E-state index is 0. The maximum Gasteiger partial charge on any atom is 4.00 e. The molecule has 0 radical (unpaired) electrons. The van der Waals surface area contributed by atoms with Crippen molar-refractivity contribution in [2.45, 2.75) is 0 Å². The van der Waals surface area contributed by atoms with Gasteiger partial charge in [-0.15, -0.1) is 0 Å². The molecular weight excluding hydrogens is 212 g/mol. The molecule has 0 saturated carbocycles. The van der Waals surface area contributed by atoms with E-state index in [1.165, 1.54) is 0 Å². The molecule has 0 amide bonds. The van der Waals surface area contributed by atoms with Crippen LogP contribution in [0.5, 0.6) is 0 Å². The standard InChI is InChI=1S/Fe.O2Si.3O.Ti/c;1-3-2;;;;/q+2;;3*-2;+4. The molecule has 0 rings (SSSR count). The molecule has 0 spiro atoms. The molecule has 46 valence electrons. The second kappa shape index (κ2) is 102. The van der Waals surface area contributed by atoms with Crippen LogP contribution in [-0.2, 0) is 64.1 Å². The minimum atomic E-state index is -1.42. The van der Waals surface area contributed by atoms with Crippen LogP contribution in [0.3, 0.4) is 0 Å². The minimum Gasteiger partial charge on any atom is -2.00 e. The Morgan fingerprint density at radius 1 is 0.875 bits per heavy atom. The Hall–Kier alpha value is 0.931. The third-order valence-corrected chi connectivity index (χ3v) is 0. The summed E-state index contributed by atoms with van der Waals surface area (Å²) >= 11 is 0. The van der Waals surface area contributed by atoms with Crippen molar-refractivity contribution < 1.29 is 64.1 Å². The van der Waals surface area contributed by atoms with Gasteiger partial charge in [0.1, 0.15) is 0 Å². The van der Waals surface area contributed by atoms with E-state index in [2.05, 4.69) is 0 Å². The first-order valence-corrected chi connectivity index (χ1v) is 1.22. The van der Waals surface area contributed by atoms with Crippen LogP contribution in [0.15, 0.2) is 0 Å². The van der Waals surface area contributed by atoms with Crippen molar-refractivity contribution in [2.24, 2.45) is 0 Å². The Kier molecular flexibility index (Phi) is 835. The van der Waals surface area contributed by atoms with Gasteiger partial charge in [0.05, 0.1) is 0 Å². The molecule has 0 aromatic carbocycles. The zero-order chi connectivity index (χ0) is 2.71. The molecule has 0 saturated heterocycles. The molecule has 0 fully saturated rings. The third kappa shape index (κ3) is 281. The summed E-state index contributed by atoms with van der Waals surface area (Å²) in [5.41, 5.74) is 0. The van der Waals surface area contributed by atoms with Gasteiger partial charge in [-0.25, -0.2) is 0 Å². The fourth-order valence-corrected chi connectivity index (χ4v) is 0. The Balaban J connectivity index is -0.00000000200. The van der Waals surface area contributed by atoms with E-state index in [-0.39, 0.29) is 55.2 Å². The van der Waals surface area contributed by atoms with Crippen LogP contribution in [0, 0.1) is 0 Å². The molecule has 0 heterocycles. The van der Waals surface area contributed by atoms with E-state index in [0.29, 0.717) is 0 Å². The van der Waals surface area contributed by atoms with Gasteiger partial charge in [0.2, 0.25) is 0 Å². The third-order valence-electron chi connectivity index (χ3n) is 0. The van der Waals surface area contributed by atoms with Gasteiger partial charge in [0.15, 0.2) is 0 Å². The van der Waals surface area contributed by atoms with E-state index >= 15 is 0 Å². The smallest absolute Gasteiger partial charge is 2.00 e. The van der Waals surface area contributed by atoms with Gasteiger partial charge < -0.3 is 16.4 Å². The van der Waals surface area contributed by atoms with E-state index in [9.17, 15) is 0 Å². The largest absolute Gasteiger partial charge is 4.00 e. The molecule has 0 N–H and O–H groups in total. The fourth-order valence-electron chi connectivity index (χ4n) is 0. The van der Waals surface area contributed by atoms with Crippen molar-refractivity contribution in [3.8, 4) is 0 Å². The van der Waals surface area contributed by atoms with Gasteiger partial charge >= 0.3 is 48.1 Å². The normalized spacial score (nSPS) is 1.00. The van der Waals surface area contributed by atoms with Gasteiger partial charge in [0.25, 0.3) is 0 Å². The zero-order valence-electron chi connectivity index (χ0n) is 3.39. The SMILES string of the molecule is O=[Si]=O.[Fe+2].[O-2].[O-2].[O-2].[Ti+4]. The molecule has 0 aliphatic rings. The molecule has 0 aromatic rings. The molecular formula is FeO5SiTi. The summed E-state index contributed by atoms with van der Waals surface area (Å²) in [6.07, 6.45) is 0. The predicted molar refractivity (Wildman–Crippen MR) is 9.19 cm³/mol. The summed E-state index contributed by atoms with van der Waals surface area (Å²) in [4.78, 5) is 0. The molecule has 0 bridgehead atoms. The van der Waals surface area contributed by atoms with Crippen LogP contribution < -0.4 is 0 Å². The molecule has 5 nitrogen and oxygen atoms in total. The summed E-state index contributed by atoms with van der Waals surface area (Å²) < 4.78 is 16.8. The number of hydrogen-bond acceptors (Lipinski definition) is 2. The molecule has 0 atom stereocenters. The average Bonchev–Trinajstić information content (AvgIpc) is 0.918. The Labute approximate surface area is 73.4 Å². The Morgan fingerprint density at radius 3 is 0.875 bits per heavy atom. The van der Waals surface area contributed by atoms with Gasteiger partial charge in [-0.2, -0.15) is 0 Å². The second-order valence-corrected chi connectivity index (χ2v) is 0.250. The molecule has 0 aliphatic carbocycles. The second-order valence-electron chi connectivity index (χ2n) is 0.0833. The van der Waals surface area contributed by atoms with E-state index in [1.54, 1.807) is 0 Å². The molecule has 8 heteroatoms. The maximum absolute atomic E-state index is 8.40. The summed E-state index contributed by atoms with van der Waals surface area (Å²) in [5, 5.41) is 0. The summed E-state index contributed by atoms with van der Waals surface area (Å²) in [6.45, 7) is 0. The van der Waals surface area contributed by atoms with Crippen LogP contribution in [0.4, 0.5) is 0 Å². The molecule has 0 aliphatic heterocycles. The Bertz CT molecular complexity index is 33.4.